The number of hydrogen-bond donors (Lipinski definition) is 3. The first-order valence-corrected chi connectivity index (χ1v) is 16.2. The van der Waals surface area contributed by atoms with E-state index in [0.717, 1.165) is 37.3 Å². The molecule has 1 aliphatic rings. The number of hydrogen-bond acceptors (Lipinski definition) is 3. The molecule has 6 aromatic rings. The molecule has 0 radical (unpaired) electrons. The molecular weight excluding hydrogens is 560 g/mol. The molecule has 4 heteroatoms. The van der Waals surface area contributed by atoms with E-state index in [1.807, 2.05) is 13.1 Å². The maximum Gasteiger partial charge on any atom is 0.0558 e. The van der Waals surface area contributed by atoms with Gasteiger partial charge in [0, 0.05) is 71.5 Å². The smallest absolute Gasteiger partial charge is 0.0558 e. The lowest BCUT2D eigenvalue weighted by molar-refractivity contribution is 0.734. The summed E-state index contributed by atoms with van der Waals surface area (Å²) in [5, 5.41) is 14.7. The number of para-hydroxylation sites is 1. The third-order valence-corrected chi connectivity index (χ3v) is 8.94. The summed E-state index contributed by atoms with van der Waals surface area (Å²) in [6, 6.07) is 39.3. The Morgan fingerprint density at radius 3 is 2.46 bits per heavy atom. The SMILES string of the molecule is C=C/C=C(/CNCc1ccccc1)CNc1cc2c(cc1-c1ccccc1NC)c1c(n2-c2ccc3ccccc3c2)CCC=C1. The molecule has 1 aliphatic carbocycles. The lowest BCUT2D eigenvalue weighted by atomic mass is 9.96. The number of rotatable bonds is 11. The topological polar surface area (TPSA) is 41.0 Å². The van der Waals surface area contributed by atoms with E-state index in [-0.39, 0.29) is 0 Å². The van der Waals surface area contributed by atoms with Crippen LogP contribution in [0.5, 0.6) is 0 Å². The summed E-state index contributed by atoms with van der Waals surface area (Å²) >= 11 is 0. The highest BCUT2D eigenvalue weighted by Crippen LogP contribution is 2.42. The van der Waals surface area contributed by atoms with Crippen molar-refractivity contribution in [3.05, 3.63) is 156 Å². The van der Waals surface area contributed by atoms with Gasteiger partial charge in [-0.2, -0.15) is 0 Å². The Morgan fingerprint density at radius 2 is 1.61 bits per heavy atom. The van der Waals surface area contributed by atoms with E-state index in [4.69, 9.17) is 0 Å². The van der Waals surface area contributed by atoms with Gasteiger partial charge in [-0.25, -0.2) is 0 Å². The average molecular weight is 601 g/mol. The van der Waals surface area contributed by atoms with Crippen molar-refractivity contribution in [2.75, 3.05) is 30.8 Å². The molecule has 4 nitrogen and oxygen atoms in total. The monoisotopic (exact) mass is 600 g/mol. The molecule has 0 bridgehead atoms. The molecule has 0 atom stereocenters. The van der Waals surface area contributed by atoms with Gasteiger partial charge in [0.25, 0.3) is 0 Å². The molecule has 7 rings (SSSR count). The van der Waals surface area contributed by atoms with Gasteiger partial charge in [-0.3, -0.25) is 0 Å². The zero-order chi connectivity index (χ0) is 31.3. The van der Waals surface area contributed by atoms with Crippen LogP contribution in [0.4, 0.5) is 11.4 Å². The van der Waals surface area contributed by atoms with Crippen LogP contribution in [-0.4, -0.2) is 24.7 Å². The maximum absolute atomic E-state index is 4.00. The van der Waals surface area contributed by atoms with Crippen LogP contribution in [0.2, 0.25) is 0 Å². The van der Waals surface area contributed by atoms with Gasteiger partial charge in [0.2, 0.25) is 0 Å². The summed E-state index contributed by atoms with van der Waals surface area (Å²) in [5.41, 5.74) is 12.2. The van der Waals surface area contributed by atoms with Crippen LogP contribution in [0.15, 0.2) is 140 Å². The summed E-state index contributed by atoms with van der Waals surface area (Å²) in [7, 11) is 1.99. The second-order valence-electron chi connectivity index (χ2n) is 11.9. The van der Waals surface area contributed by atoms with Crippen molar-refractivity contribution in [2.45, 2.75) is 19.4 Å². The van der Waals surface area contributed by atoms with Gasteiger partial charge in [-0.15, -0.1) is 0 Å². The van der Waals surface area contributed by atoms with Gasteiger partial charge in [0.05, 0.1) is 5.52 Å². The largest absolute Gasteiger partial charge is 0.388 e. The molecule has 0 fully saturated rings. The number of benzene rings is 5. The van der Waals surface area contributed by atoms with Crippen molar-refractivity contribution in [1.29, 1.82) is 0 Å². The zero-order valence-electron chi connectivity index (χ0n) is 26.4. The molecular formula is C42H40N4. The summed E-state index contributed by atoms with van der Waals surface area (Å²) in [6.07, 6.45) is 10.7. The minimum absolute atomic E-state index is 0.699. The number of allylic oxidation sites excluding steroid dienone is 3. The van der Waals surface area contributed by atoms with Crippen molar-refractivity contribution in [2.24, 2.45) is 0 Å². The highest BCUT2D eigenvalue weighted by atomic mass is 15.0. The van der Waals surface area contributed by atoms with Crippen molar-refractivity contribution in [3.8, 4) is 16.8 Å². The molecule has 0 spiro atoms. The highest BCUT2D eigenvalue weighted by molar-refractivity contribution is 6.02. The zero-order valence-corrected chi connectivity index (χ0v) is 26.4. The van der Waals surface area contributed by atoms with E-state index >= 15 is 0 Å². The van der Waals surface area contributed by atoms with E-state index in [1.165, 1.54) is 60.9 Å². The van der Waals surface area contributed by atoms with Crippen LogP contribution in [0, 0.1) is 0 Å². The van der Waals surface area contributed by atoms with Gasteiger partial charge in [-0.1, -0.05) is 110 Å². The lowest BCUT2D eigenvalue weighted by Crippen LogP contribution is -2.20. The van der Waals surface area contributed by atoms with Crippen LogP contribution in [0.3, 0.4) is 0 Å². The number of aromatic nitrogens is 1. The second-order valence-corrected chi connectivity index (χ2v) is 11.9. The van der Waals surface area contributed by atoms with Crippen molar-refractivity contribution in [3.63, 3.8) is 0 Å². The summed E-state index contributed by atoms with van der Waals surface area (Å²) in [5.74, 6) is 0. The predicted octanol–water partition coefficient (Wildman–Crippen LogP) is 9.77. The third-order valence-electron chi connectivity index (χ3n) is 8.94. The highest BCUT2D eigenvalue weighted by Gasteiger charge is 2.22. The van der Waals surface area contributed by atoms with Crippen molar-refractivity contribution in [1.82, 2.24) is 9.88 Å². The third kappa shape index (κ3) is 5.88. The quantitative estimate of drug-likeness (QED) is 0.130. The average Bonchev–Trinajstić information content (AvgIpc) is 3.43. The number of anilines is 2. The molecule has 46 heavy (non-hydrogen) atoms. The van der Waals surface area contributed by atoms with E-state index < -0.39 is 0 Å². The van der Waals surface area contributed by atoms with Crippen LogP contribution >= 0.6 is 0 Å². The van der Waals surface area contributed by atoms with Gasteiger partial charge >= 0.3 is 0 Å². The Balaban J connectivity index is 1.32. The molecule has 5 aromatic carbocycles. The summed E-state index contributed by atoms with van der Waals surface area (Å²) in [6.45, 7) is 6.29. The van der Waals surface area contributed by atoms with E-state index in [1.54, 1.807) is 0 Å². The number of nitrogens with one attached hydrogen (secondary N) is 3. The first-order valence-electron chi connectivity index (χ1n) is 16.2. The fourth-order valence-electron chi connectivity index (χ4n) is 6.70. The Hall–Kier alpha value is -5.32. The summed E-state index contributed by atoms with van der Waals surface area (Å²) in [4.78, 5) is 0. The maximum atomic E-state index is 4.00. The Morgan fingerprint density at radius 1 is 0.804 bits per heavy atom. The van der Waals surface area contributed by atoms with Gasteiger partial charge in [-0.05, 0) is 65.1 Å². The molecule has 0 saturated carbocycles. The van der Waals surface area contributed by atoms with E-state index in [2.05, 4.69) is 155 Å². The normalized spacial score (nSPS) is 12.8. The standard InChI is InChI=1S/C42H40N4/c1-3-13-31(28-44-27-30-14-5-4-6-15-30)29-45-40-26-42-38(25-37(40)35-18-9-11-20-39(35)43-2)36-19-10-12-21-41(36)46(42)34-23-22-32-16-7-8-17-33(32)24-34/h3-11,13-20,22-26,43-45H,1,12,21,27-29H2,2H3/b31-13-. The Kier molecular flexibility index (Phi) is 8.53. The van der Waals surface area contributed by atoms with E-state index in [9.17, 15) is 0 Å². The predicted molar refractivity (Wildman–Crippen MR) is 198 cm³/mol. The van der Waals surface area contributed by atoms with Crippen molar-refractivity contribution < 1.29 is 0 Å². The molecule has 0 saturated heterocycles. The minimum atomic E-state index is 0.699. The molecule has 228 valence electrons. The van der Waals surface area contributed by atoms with Crippen LogP contribution in [-0.2, 0) is 13.0 Å². The van der Waals surface area contributed by atoms with Gasteiger partial charge in [0.1, 0.15) is 0 Å². The Labute approximate surface area is 271 Å². The molecule has 0 aliphatic heterocycles. The van der Waals surface area contributed by atoms with E-state index in [0.29, 0.717) is 6.54 Å². The van der Waals surface area contributed by atoms with Crippen molar-refractivity contribution >= 4 is 39.1 Å². The van der Waals surface area contributed by atoms with Gasteiger partial charge < -0.3 is 20.5 Å². The minimum Gasteiger partial charge on any atom is -0.388 e. The first-order chi connectivity index (χ1) is 22.7. The van der Waals surface area contributed by atoms with Crippen LogP contribution in [0.25, 0.3) is 44.6 Å². The molecule has 3 N–H and O–H groups in total. The fraction of sp³-hybridized carbons (Fsp3) is 0.143. The molecule has 1 aromatic heterocycles. The first kappa shape index (κ1) is 29.4. The number of fused-ring (bicyclic) bond motifs is 4. The number of nitrogens with zero attached hydrogens (tertiary/aromatic N) is 1. The molecule has 0 amide bonds. The lowest BCUT2D eigenvalue weighted by Gasteiger charge is -2.18. The Bertz CT molecular complexity index is 2080. The van der Waals surface area contributed by atoms with Gasteiger partial charge in [0.15, 0.2) is 0 Å². The molecule has 1 heterocycles. The summed E-state index contributed by atoms with van der Waals surface area (Å²) < 4.78 is 2.49. The van der Waals surface area contributed by atoms with Crippen LogP contribution < -0.4 is 16.0 Å². The fourth-order valence-corrected chi connectivity index (χ4v) is 6.70. The van der Waals surface area contributed by atoms with Crippen LogP contribution in [0.1, 0.15) is 23.2 Å². The molecule has 0 unspecified atom stereocenters. The second kappa shape index (κ2) is 13.4.